The second-order valence-electron chi connectivity index (χ2n) is 10.0. The second-order valence-corrected chi connectivity index (χ2v) is 12.4. The van der Waals surface area contributed by atoms with Crippen molar-refractivity contribution in [3.05, 3.63) is 65.9 Å². The predicted molar refractivity (Wildman–Crippen MR) is 151 cm³/mol. The second kappa shape index (κ2) is 11.6. The van der Waals surface area contributed by atoms with E-state index in [0.29, 0.717) is 71.6 Å². The van der Waals surface area contributed by atoms with E-state index in [0.717, 1.165) is 0 Å². The number of hydrogen-bond acceptors (Lipinski definition) is 8. The van der Waals surface area contributed by atoms with Gasteiger partial charge in [0.1, 0.15) is 10.6 Å². The molecule has 1 aromatic heterocycles. The Kier molecular flexibility index (Phi) is 8.10. The molecule has 1 atom stereocenters. The summed E-state index contributed by atoms with van der Waals surface area (Å²) in [6.07, 6.45) is -1.62. The number of nitrogens with zero attached hydrogens (tertiary/aromatic N) is 4. The van der Waals surface area contributed by atoms with Gasteiger partial charge in [0, 0.05) is 23.9 Å². The van der Waals surface area contributed by atoms with Crippen LogP contribution in [0.15, 0.2) is 59.5 Å². The molecule has 1 saturated carbocycles. The number of ether oxygens (including phenoxy) is 1. The normalized spacial score (nSPS) is 18.5. The van der Waals surface area contributed by atoms with Crippen LogP contribution in [0.3, 0.4) is 0 Å². The number of amides is 2. The number of urea groups is 1. The van der Waals surface area contributed by atoms with E-state index >= 15 is 0 Å². The Hall–Kier alpha value is -3.83. The minimum atomic E-state index is -3.35. The number of carbonyl (C=O) groups is 1. The maximum Gasteiger partial charge on any atom is 0.319 e. The molecule has 1 saturated heterocycles. The number of hydrogen-bond donors (Lipinski definition) is 4. The first kappa shape index (κ1) is 28.7. The van der Waals surface area contributed by atoms with E-state index in [-0.39, 0.29) is 6.04 Å². The average Bonchev–Trinajstić information content (AvgIpc) is 3.80. The van der Waals surface area contributed by atoms with Gasteiger partial charge < -0.3 is 20.3 Å². The molecular formula is C28H30F2N6O4S. The van der Waals surface area contributed by atoms with Crippen LogP contribution in [0.1, 0.15) is 31.0 Å². The molecule has 2 amide bonds. The van der Waals surface area contributed by atoms with Gasteiger partial charge in [0.2, 0.25) is 0 Å². The Bertz CT molecular complexity index is 1450. The third-order valence-electron chi connectivity index (χ3n) is 7.22. The molecule has 1 aliphatic carbocycles. The fourth-order valence-corrected chi connectivity index (χ4v) is 6.84. The molecule has 0 radical (unpaired) electrons. The molecule has 0 spiro atoms. The number of halogens is 2. The van der Waals surface area contributed by atoms with Gasteiger partial charge in [-0.2, -0.15) is 15.9 Å². The molecule has 2 fully saturated rings. The van der Waals surface area contributed by atoms with Crippen LogP contribution in [0.5, 0.6) is 0 Å². The van der Waals surface area contributed by atoms with E-state index in [1.54, 1.807) is 48.5 Å². The van der Waals surface area contributed by atoms with E-state index in [9.17, 15) is 22.7 Å². The third-order valence-corrected chi connectivity index (χ3v) is 9.86. The lowest BCUT2D eigenvalue weighted by Gasteiger charge is -2.41. The summed E-state index contributed by atoms with van der Waals surface area (Å²) >= 11 is 0. The number of nitriles is 1. The quantitative estimate of drug-likeness (QED) is 0.275. The van der Waals surface area contributed by atoms with E-state index in [4.69, 9.17) is 20.0 Å². The lowest BCUT2D eigenvalue weighted by Crippen LogP contribution is -2.44. The van der Waals surface area contributed by atoms with Crippen molar-refractivity contribution >= 4 is 28.1 Å². The van der Waals surface area contributed by atoms with Crippen LogP contribution in [-0.2, 0) is 9.48 Å². The van der Waals surface area contributed by atoms with Gasteiger partial charge in [-0.3, -0.25) is 9.11 Å². The highest BCUT2D eigenvalue weighted by atomic mass is 32.3. The number of alkyl halides is 2. The summed E-state index contributed by atoms with van der Waals surface area (Å²) in [5.41, 5.74) is 1.95. The maximum absolute atomic E-state index is 12.4. The summed E-state index contributed by atoms with van der Waals surface area (Å²) in [6, 6.07) is 16.1. The van der Waals surface area contributed by atoms with Gasteiger partial charge in [-0.25, -0.2) is 23.5 Å². The minimum Gasteiger partial charge on any atom is -0.377 e. The van der Waals surface area contributed by atoms with Crippen LogP contribution in [-0.4, -0.2) is 63.9 Å². The molecule has 0 unspecified atom stereocenters. The average molecular weight is 585 g/mol. The van der Waals surface area contributed by atoms with Gasteiger partial charge in [-0.05, 0) is 68.3 Å². The summed E-state index contributed by atoms with van der Waals surface area (Å²) in [6.45, 7) is 2.92. The molecule has 2 heterocycles. The van der Waals surface area contributed by atoms with E-state index in [1.165, 1.54) is 0 Å². The number of rotatable bonds is 8. The topological polar surface area (TPSA) is 144 Å². The molecule has 5 rings (SSSR count). The van der Waals surface area contributed by atoms with Crippen LogP contribution in [0, 0.1) is 11.3 Å². The number of morpholine rings is 1. The first-order chi connectivity index (χ1) is 19.6. The molecule has 1 aliphatic heterocycles. The summed E-state index contributed by atoms with van der Waals surface area (Å²) in [5, 5.41) is 13.7. The van der Waals surface area contributed by atoms with Gasteiger partial charge in [-0.1, -0.05) is 0 Å². The SMILES string of the molecule is C[C@H]1COCCN1c1cc(C2(S(O)(O)c3ccc(C#N)cc3)CC2)nc(-c2ccc(NC(=O)NCC(F)F)cc2)n1. The van der Waals surface area contributed by atoms with Crippen molar-refractivity contribution in [1.82, 2.24) is 15.3 Å². The highest BCUT2D eigenvalue weighted by molar-refractivity contribution is 8.25. The highest BCUT2D eigenvalue weighted by Crippen LogP contribution is 2.75. The standard InChI is InChI=1S/C28H30F2N6O4S/c1-18-17-40-13-12-36(18)25-14-23(28(10-11-28)41(38,39)22-8-2-19(15-31)3-9-22)34-26(35-25)20-4-6-21(7-5-20)33-27(37)32-16-24(29)30/h2-9,14,18,24,38-39H,10-13,16-17H2,1H3,(H2,32,33,37)/t18-/m0/s1. The molecule has 13 heteroatoms. The van der Waals surface area contributed by atoms with Gasteiger partial charge in [0.25, 0.3) is 6.43 Å². The molecule has 0 bridgehead atoms. The molecule has 2 aliphatic rings. The Labute approximate surface area is 237 Å². The Balaban J connectivity index is 1.50. The molecule has 216 valence electrons. The Morgan fingerprint density at radius 1 is 1.20 bits per heavy atom. The monoisotopic (exact) mass is 584 g/mol. The molecular weight excluding hydrogens is 554 g/mol. The van der Waals surface area contributed by atoms with Crippen LogP contribution < -0.4 is 15.5 Å². The van der Waals surface area contributed by atoms with Crippen molar-refractivity contribution in [2.24, 2.45) is 0 Å². The van der Waals surface area contributed by atoms with Gasteiger partial charge >= 0.3 is 6.03 Å². The van der Waals surface area contributed by atoms with Crippen molar-refractivity contribution in [2.75, 3.05) is 36.5 Å². The zero-order valence-electron chi connectivity index (χ0n) is 22.3. The lowest BCUT2D eigenvalue weighted by atomic mass is 10.1. The van der Waals surface area contributed by atoms with Crippen LogP contribution in [0.25, 0.3) is 11.4 Å². The molecule has 10 nitrogen and oxygen atoms in total. The van der Waals surface area contributed by atoms with E-state index < -0.39 is 34.3 Å². The van der Waals surface area contributed by atoms with Crippen molar-refractivity contribution in [2.45, 2.75) is 41.9 Å². The molecule has 41 heavy (non-hydrogen) atoms. The number of anilines is 2. The van der Waals surface area contributed by atoms with Gasteiger partial charge in [0.05, 0.1) is 48.0 Å². The first-order valence-electron chi connectivity index (χ1n) is 13.1. The van der Waals surface area contributed by atoms with Crippen molar-refractivity contribution in [3.8, 4) is 17.5 Å². The lowest BCUT2D eigenvalue weighted by molar-refractivity contribution is 0.0985. The summed E-state index contributed by atoms with van der Waals surface area (Å²) < 4.78 is 52.5. The first-order valence-corrected chi connectivity index (χ1v) is 14.6. The zero-order chi connectivity index (χ0) is 29.2. The van der Waals surface area contributed by atoms with Crippen molar-refractivity contribution in [1.29, 1.82) is 5.26 Å². The predicted octanol–water partition coefficient (Wildman–Crippen LogP) is 5.43. The maximum atomic E-state index is 12.4. The summed E-state index contributed by atoms with van der Waals surface area (Å²) in [4.78, 5) is 24.0. The summed E-state index contributed by atoms with van der Waals surface area (Å²) in [7, 11) is -3.35. The van der Waals surface area contributed by atoms with Crippen molar-refractivity contribution in [3.63, 3.8) is 0 Å². The summed E-state index contributed by atoms with van der Waals surface area (Å²) in [5.74, 6) is 1.00. The molecule has 3 aromatic rings. The zero-order valence-corrected chi connectivity index (χ0v) is 23.1. The third kappa shape index (κ3) is 5.96. The van der Waals surface area contributed by atoms with E-state index in [1.807, 2.05) is 19.1 Å². The number of nitrogens with one attached hydrogen (secondary N) is 2. The molecule has 2 aromatic carbocycles. The fourth-order valence-electron chi connectivity index (χ4n) is 4.80. The van der Waals surface area contributed by atoms with E-state index in [2.05, 4.69) is 15.5 Å². The molecule has 4 N–H and O–H groups in total. The minimum absolute atomic E-state index is 0.0340. The number of aromatic nitrogens is 2. The highest BCUT2D eigenvalue weighted by Gasteiger charge is 2.57. The Morgan fingerprint density at radius 2 is 1.90 bits per heavy atom. The van der Waals surface area contributed by atoms with Crippen LogP contribution in [0.4, 0.5) is 25.1 Å². The smallest absolute Gasteiger partial charge is 0.319 e. The fraction of sp³-hybridized carbons (Fsp3) is 0.357. The van der Waals surface area contributed by atoms with Crippen LogP contribution >= 0.6 is 10.6 Å². The van der Waals surface area contributed by atoms with Crippen molar-refractivity contribution < 1.29 is 27.4 Å². The van der Waals surface area contributed by atoms with Crippen LogP contribution in [0.2, 0.25) is 0 Å². The van der Waals surface area contributed by atoms with Gasteiger partial charge in [0.15, 0.2) is 5.82 Å². The Morgan fingerprint density at radius 3 is 2.51 bits per heavy atom. The number of benzene rings is 2. The van der Waals surface area contributed by atoms with Gasteiger partial charge in [-0.15, -0.1) is 0 Å². The number of carbonyl (C=O) groups excluding carboxylic acids is 1. The largest absolute Gasteiger partial charge is 0.377 e.